The third-order valence-electron chi connectivity index (χ3n) is 4.28. The molecular formula is C19H26FN5O2S. The van der Waals surface area contributed by atoms with Gasteiger partial charge in [0.2, 0.25) is 11.9 Å². The third-order valence-corrected chi connectivity index (χ3v) is 5.36. The number of rotatable bonds is 7. The number of nitrogens with zero attached hydrogens (tertiary/aromatic N) is 4. The van der Waals surface area contributed by atoms with E-state index in [4.69, 9.17) is 4.74 Å². The van der Waals surface area contributed by atoms with Crippen molar-refractivity contribution in [2.45, 2.75) is 37.7 Å². The van der Waals surface area contributed by atoms with Crippen molar-refractivity contribution in [1.82, 2.24) is 14.8 Å². The molecule has 28 heavy (non-hydrogen) atoms. The average molecular weight is 408 g/mol. The molecule has 152 valence electrons. The molecule has 3 rings (SSSR count). The van der Waals surface area contributed by atoms with Gasteiger partial charge in [-0.2, -0.15) is 0 Å². The molecule has 0 aliphatic carbocycles. The highest BCUT2D eigenvalue weighted by molar-refractivity contribution is 8.00. The predicted molar refractivity (Wildman–Crippen MR) is 108 cm³/mol. The zero-order valence-electron chi connectivity index (χ0n) is 16.4. The van der Waals surface area contributed by atoms with Crippen LogP contribution in [0.25, 0.3) is 0 Å². The second-order valence-electron chi connectivity index (χ2n) is 7.15. The second kappa shape index (κ2) is 9.38. The lowest BCUT2D eigenvalue weighted by atomic mass is 10.2. The smallest absolute Gasteiger partial charge is 0.237 e. The van der Waals surface area contributed by atoms with Gasteiger partial charge >= 0.3 is 0 Å². The molecule has 0 radical (unpaired) electrons. The van der Waals surface area contributed by atoms with Crippen LogP contribution < -0.4 is 10.2 Å². The third kappa shape index (κ3) is 5.23. The van der Waals surface area contributed by atoms with Crippen molar-refractivity contribution in [2.24, 2.45) is 5.92 Å². The number of anilines is 2. The van der Waals surface area contributed by atoms with Crippen molar-refractivity contribution >= 4 is 29.3 Å². The van der Waals surface area contributed by atoms with Crippen molar-refractivity contribution in [3.63, 3.8) is 0 Å². The van der Waals surface area contributed by atoms with E-state index in [2.05, 4.69) is 38.8 Å². The summed E-state index contributed by atoms with van der Waals surface area (Å²) in [7, 11) is 0. The van der Waals surface area contributed by atoms with Gasteiger partial charge in [0, 0.05) is 25.3 Å². The Labute approximate surface area is 168 Å². The normalized spacial score (nSPS) is 15.7. The summed E-state index contributed by atoms with van der Waals surface area (Å²) in [5, 5.41) is 11.8. The number of morpholine rings is 1. The van der Waals surface area contributed by atoms with Gasteiger partial charge in [-0.15, -0.1) is 10.2 Å². The van der Waals surface area contributed by atoms with Crippen LogP contribution in [0.1, 0.15) is 20.8 Å². The van der Waals surface area contributed by atoms with Crippen LogP contribution in [0.4, 0.5) is 16.0 Å². The Balaban J connectivity index is 1.72. The summed E-state index contributed by atoms with van der Waals surface area (Å²) in [4.78, 5) is 14.7. The maximum Gasteiger partial charge on any atom is 0.237 e. The first-order chi connectivity index (χ1) is 13.4. The monoisotopic (exact) mass is 407 g/mol. The van der Waals surface area contributed by atoms with Gasteiger partial charge in [0.1, 0.15) is 5.82 Å². The first-order valence-electron chi connectivity index (χ1n) is 9.43. The molecule has 1 aromatic heterocycles. The van der Waals surface area contributed by atoms with Gasteiger partial charge in [0.05, 0.1) is 18.5 Å². The van der Waals surface area contributed by atoms with Crippen LogP contribution in [-0.2, 0) is 16.1 Å². The van der Waals surface area contributed by atoms with E-state index < -0.39 is 5.25 Å². The highest BCUT2D eigenvalue weighted by Gasteiger charge is 2.24. The molecule has 1 fully saturated rings. The molecule has 1 N–H and O–H groups in total. The highest BCUT2D eigenvalue weighted by atomic mass is 32.2. The first-order valence-corrected chi connectivity index (χ1v) is 10.3. The van der Waals surface area contributed by atoms with Crippen molar-refractivity contribution in [3.8, 4) is 0 Å². The summed E-state index contributed by atoms with van der Waals surface area (Å²) in [6.45, 7) is 9.73. The summed E-state index contributed by atoms with van der Waals surface area (Å²) in [6, 6.07) is 5.87. The van der Waals surface area contributed by atoms with Gasteiger partial charge in [-0.05, 0) is 31.0 Å². The maximum atomic E-state index is 13.3. The average Bonchev–Trinajstić information content (AvgIpc) is 3.04. The largest absolute Gasteiger partial charge is 0.378 e. The number of carbonyl (C=O) groups excluding carboxylic acids is 1. The van der Waals surface area contributed by atoms with E-state index in [1.165, 1.54) is 23.9 Å². The minimum atomic E-state index is -0.407. The standard InChI is InChI=1S/C19H26FN5O2S/c1-13(2)12-25-18(24-7-9-27-10-8-24)22-23-19(25)28-14(3)17(26)21-16-6-4-5-15(20)11-16/h4-6,11,13-14H,7-10,12H2,1-3H3,(H,21,26). The van der Waals surface area contributed by atoms with Crippen LogP contribution >= 0.6 is 11.8 Å². The number of benzene rings is 1. The molecule has 1 aromatic carbocycles. The van der Waals surface area contributed by atoms with Crippen LogP contribution in [0.5, 0.6) is 0 Å². The number of hydrogen-bond donors (Lipinski definition) is 1. The molecule has 7 nitrogen and oxygen atoms in total. The molecule has 0 bridgehead atoms. The molecule has 2 aromatic rings. The van der Waals surface area contributed by atoms with E-state index in [-0.39, 0.29) is 11.7 Å². The molecule has 1 aliphatic rings. The number of carbonyl (C=O) groups is 1. The van der Waals surface area contributed by atoms with Gasteiger partial charge < -0.3 is 15.0 Å². The molecule has 0 saturated carbocycles. The Hall–Kier alpha value is -2.13. The molecular weight excluding hydrogens is 381 g/mol. The van der Waals surface area contributed by atoms with E-state index >= 15 is 0 Å². The quantitative estimate of drug-likeness (QED) is 0.712. The van der Waals surface area contributed by atoms with E-state index in [1.54, 1.807) is 12.1 Å². The molecule has 1 aliphatic heterocycles. The summed E-state index contributed by atoms with van der Waals surface area (Å²) in [5.74, 6) is 0.636. The van der Waals surface area contributed by atoms with Crippen LogP contribution in [0, 0.1) is 11.7 Å². The Morgan fingerprint density at radius 3 is 2.71 bits per heavy atom. The van der Waals surface area contributed by atoms with Crippen molar-refractivity contribution in [3.05, 3.63) is 30.1 Å². The van der Waals surface area contributed by atoms with Crippen molar-refractivity contribution < 1.29 is 13.9 Å². The summed E-state index contributed by atoms with van der Waals surface area (Å²) < 4.78 is 20.8. The Morgan fingerprint density at radius 2 is 2.04 bits per heavy atom. The van der Waals surface area contributed by atoms with E-state index in [0.29, 0.717) is 30.0 Å². The lowest BCUT2D eigenvalue weighted by Gasteiger charge is -2.28. The summed E-state index contributed by atoms with van der Waals surface area (Å²) in [5.41, 5.74) is 0.440. The van der Waals surface area contributed by atoms with Crippen LogP contribution in [-0.4, -0.2) is 52.2 Å². The van der Waals surface area contributed by atoms with Gasteiger partial charge in [0.25, 0.3) is 0 Å². The molecule has 9 heteroatoms. The number of halogens is 1. The Morgan fingerprint density at radius 1 is 1.29 bits per heavy atom. The van der Waals surface area contributed by atoms with Gasteiger partial charge in [0.15, 0.2) is 5.16 Å². The minimum absolute atomic E-state index is 0.206. The molecule has 2 heterocycles. The maximum absolute atomic E-state index is 13.3. The van der Waals surface area contributed by atoms with E-state index in [9.17, 15) is 9.18 Å². The van der Waals surface area contributed by atoms with E-state index in [1.807, 2.05) is 6.92 Å². The number of amides is 1. The van der Waals surface area contributed by atoms with Crippen LogP contribution in [0.15, 0.2) is 29.4 Å². The number of nitrogens with one attached hydrogen (secondary N) is 1. The number of thioether (sulfide) groups is 1. The molecule has 0 spiro atoms. The zero-order chi connectivity index (χ0) is 20.1. The molecule has 1 amide bonds. The highest BCUT2D eigenvalue weighted by Crippen LogP contribution is 2.28. The second-order valence-corrected chi connectivity index (χ2v) is 8.45. The lowest BCUT2D eigenvalue weighted by molar-refractivity contribution is -0.115. The number of hydrogen-bond acceptors (Lipinski definition) is 6. The fourth-order valence-corrected chi connectivity index (χ4v) is 3.77. The topological polar surface area (TPSA) is 72.3 Å². The Kier molecular flexibility index (Phi) is 6.90. The zero-order valence-corrected chi connectivity index (χ0v) is 17.2. The minimum Gasteiger partial charge on any atom is -0.378 e. The predicted octanol–water partition coefficient (Wildman–Crippen LogP) is 3.03. The van der Waals surface area contributed by atoms with Gasteiger partial charge in [-0.25, -0.2) is 4.39 Å². The fraction of sp³-hybridized carbons (Fsp3) is 0.526. The molecule has 1 unspecified atom stereocenters. The van der Waals surface area contributed by atoms with Crippen LogP contribution in [0.3, 0.4) is 0 Å². The summed E-state index contributed by atoms with van der Waals surface area (Å²) in [6.07, 6.45) is 0. The number of ether oxygens (including phenoxy) is 1. The molecule has 1 saturated heterocycles. The lowest BCUT2D eigenvalue weighted by Crippen LogP contribution is -2.38. The molecule has 1 atom stereocenters. The van der Waals surface area contributed by atoms with Crippen LogP contribution in [0.2, 0.25) is 0 Å². The first kappa shape index (κ1) is 20.6. The van der Waals surface area contributed by atoms with Gasteiger partial charge in [-0.1, -0.05) is 31.7 Å². The SMILES string of the molecule is CC(C)Cn1c(SC(C)C(=O)Nc2cccc(F)c2)nnc1N1CCOCC1. The summed E-state index contributed by atoms with van der Waals surface area (Å²) >= 11 is 1.35. The number of aromatic nitrogens is 3. The fourth-order valence-electron chi connectivity index (χ4n) is 2.91. The van der Waals surface area contributed by atoms with Gasteiger partial charge in [-0.3, -0.25) is 9.36 Å². The Bertz CT molecular complexity index is 807. The van der Waals surface area contributed by atoms with Crippen molar-refractivity contribution in [1.29, 1.82) is 0 Å². The van der Waals surface area contributed by atoms with Crippen molar-refractivity contribution in [2.75, 3.05) is 36.5 Å². The van der Waals surface area contributed by atoms with E-state index in [0.717, 1.165) is 25.6 Å².